The van der Waals surface area contributed by atoms with Gasteiger partial charge < -0.3 is 8.92 Å². The van der Waals surface area contributed by atoms with E-state index in [4.69, 9.17) is 8.92 Å². The first-order valence-electron chi connectivity index (χ1n) is 8.54. The summed E-state index contributed by atoms with van der Waals surface area (Å²) in [7, 11) is -3.83. The Hall–Kier alpha value is -2.15. The van der Waals surface area contributed by atoms with Gasteiger partial charge in [0.2, 0.25) is 0 Å². The van der Waals surface area contributed by atoms with Gasteiger partial charge >= 0.3 is 10.1 Å². The summed E-state index contributed by atoms with van der Waals surface area (Å²) in [6, 6.07) is 13.6. The summed E-state index contributed by atoms with van der Waals surface area (Å²) >= 11 is 0. The minimum atomic E-state index is -3.83. The molecule has 26 heavy (non-hydrogen) atoms. The second kappa shape index (κ2) is 8.03. The van der Waals surface area contributed by atoms with Crippen molar-refractivity contribution >= 4 is 10.1 Å². The fourth-order valence-electron chi connectivity index (χ4n) is 2.87. The maximum atomic E-state index is 12.4. The third-order valence-corrected chi connectivity index (χ3v) is 5.57. The molecule has 1 aliphatic rings. The lowest BCUT2D eigenvalue weighted by Crippen LogP contribution is -2.38. The fraction of sp³-hybridized carbons (Fsp3) is 0.300. The number of morpholine rings is 1. The van der Waals surface area contributed by atoms with Crippen LogP contribution in [-0.2, 0) is 14.9 Å². The van der Waals surface area contributed by atoms with E-state index in [0.717, 1.165) is 30.8 Å². The Bertz CT molecular complexity index is 844. The molecule has 138 valence electrons. The lowest BCUT2D eigenvalue weighted by molar-refractivity contribution is -0.0260. The van der Waals surface area contributed by atoms with Crippen molar-refractivity contribution in [1.82, 2.24) is 4.90 Å². The lowest BCUT2D eigenvalue weighted by Gasteiger charge is -2.32. The van der Waals surface area contributed by atoms with E-state index in [-0.39, 0.29) is 16.7 Å². The summed E-state index contributed by atoms with van der Waals surface area (Å²) in [5.41, 5.74) is 1.99. The summed E-state index contributed by atoms with van der Waals surface area (Å²) in [6.45, 7) is 8.84. The predicted octanol–water partition coefficient (Wildman–Crippen LogP) is 3.32. The molecule has 0 radical (unpaired) electrons. The molecule has 0 unspecified atom stereocenters. The van der Waals surface area contributed by atoms with Gasteiger partial charge in [0.1, 0.15) is 10.6 Å². The smallest absolute Gasteiger partial charge is 0.339 e. The van der Waals surface area contributed by atoms with Crippen LogP contribution in [0.5, 0.6) is 5.75 Å². The Morgan fingerprint density at radius 2 is 1.88 bits per heavy atom. The lowest BCUT2D eigenvalue weighted by atomic mass is 10.1. The number of hydrogen-bond donors (Lipinski definition) is 0. The number of aryl methyl sites for hydroxylation is 1. The zero-order chi connectivity index (χ0) is 18.6. The standard InChI is InChI=1S/C20H23NO4S/c1-3-12-21-13-14-24-20(15-21)17-6-8-18(9-7-17)25-26(22,23)19-10-4-16(2)5-11-19/h3-11,20H,1,12-15H2,2H3/t20-/m1/s1. The molecule has 0 saturated carbocycles. The zero-order valence-electron chi connectivity index (χ0n) is 14.8. The van der Waals surface area contributed by atoms with Gasteiger partial charge in [0, 0.05) is 19.6 Å². The maximum Gasteiger partial charge on any atom is 0.339 e. The molecular formula is C20H23NO4S. The van der Waals surface area contributed by atoms with E-state index in [0.29, 0.717) is 6.61 Å². The number of ether oxygens (including phenoxy) is 1. The molecule has 3 rings (SSSR count). The highest BCUT2D eigenvalue weighted by Gasteiger charge is 2.22. The van der Waals surface area contributed by atoms with Gasteiger partial charge in [0.15, 0.2) is 0 Å². The molecule has 0 bridgehead atoms. The van der Waals surface area contributed by atoms with E-state index in [1.54, 1.807) is 36.4 Å². The highest BCUT2D eigenvalue weighted by Crippen LogP contribution is 2.26. The number of benzene rings is 2. The molecule has 0 spiro atoms. The first kappa shape index (κ1) is 18.6. The van der Waals surface area contributed by atoms with Gasteiger partial charge in [-0.15, -0.1) is 6.58 Å². The Balaban J connectivity index is 1.69. The molecule has 1 atom stereocenters. The van der Waals surface area contributed by atoms with Crippen LogP contribution in [0.2, 0.25) is 0 Å². The average Bonchev–Trinajstić information content (AvgIpc) is 2.63. The predicted molar refractivity (Wildman–Crippen MR) is 101 cm³/mol. The second-order valence-electron chi connectivity index (χ2n) is 6.33. The monoisotopic (exact) mass is 373 g/mol. The van der Waals surface area contributed by atoms with E-state index in [1.807, 2.05) is 25.1 Å². The van der Waals surface area contributed by atoms with Crippen LogP contribution < -0.4 is 4.18 Å². The van der Waals surface area contributed by atoms with Crippen LogP contribution in [0, 0.1) is 6.92 Å². The van der Waals surface area contributed by atoms with Gasteiger partial charge in [-0.2, -0.15) is 8.42 Å². The molecule has 0 amide bonds. The number of hydrogen-bond acceptors (Lipinski definition) is 5. The molecular weight excluding hydrogens is 350 g/mol. The first-order valence-corrected chi connectivity index (χ1v) is 9.95. The molecule has 0 N–H and O–H groups in total. The van der Waals surface area contributed by atoms with Gasteiger partial charge in [-0.25, -0.2) is 0 Å². The van der Waals surface area contributed by atoms with Crippen molar-refractivity contribution < 1.29 is 17.3 Å². The molecule has 0 aliphatic carbocycles. The van der Waals surface area contributed by atoms with Crippen LogP contribution in [0.25, 0.3) is 0 Å². The van der Waals surface area contributed by atoms with E-state index in [1.165, 1.54) is 0 Å². The van der Waals surface area contributed by atoms with Crippen molar-refractivity contribution in [3.63, 3.8) is 0 Å². The molecule has 2 aromatic carbocycles. The largest absolute Gasteiger partial charge is 0.379 e. The van der Waals surface area contributed by atoms with E-state index >= 15 is 0 Å². The minimum Gasteiger partial charge on any atom is -0.379 e. The highest BCUT2D eigenvalue weighted by molar-refractivity contribution is 7.87. The third kappa shape index (κ3) is 4.52. The van der Waals surface area contributed by atoms with Crippen molar-refractivity contribution in [1.29, 1.82) is 0 Å². The van der Waals surface area contributed by atoms with Gasteiger partial charge in [-0.05, 0) is 36.8 Å². The van der Waals surface area contributed by atoms with Crippen molar-refractivity contribution in [3.05, 3.63) is 72.3 Å². The van der Waals surface area contributed by atoms with Gasteiger partial charge in [0.25, 0.3) is 0 Å². The quantitative estimate of drug-likeness (QED) is 0.574. The number of rotatable bonds is 6. The van der Waals surface area contributed by atoms with Crippen LogP contribution in [0.4, 0.5) is 0 Å². The number of nitrogens with zero attached hydrogens (tertiary/aromatic N) is 1. The molecule has 5 nitrogen and oxygen atoms in total. The summed E-state index contributed by atoms with van der Waals surface area (Å²) in [4.78, 5) is 2.41. The van der Waals surface area contributed by atoms with E-state index < -0.39 is 10.1 Å². The second-order valence-corrected chi connectivity index (χ2v) is 7.87. The van der Waals surface area contributed by atoms with E-state index in [2.05, 4.69) is 11.5 Å². The molecule has 2 aromatic rings. The Labute approximate surface area is 155 Å². The summed E-state index contributed by atoms with van der Waals surface area (Å²) in [5, 5.41) is 0. The minimum absolute atomic E-state index is 0.0357. The summed E-state index contributed by atoms with van der Waals surface area (Å²) in [5.74, 6) is 0.285. The zero-order valence-corrected chi connectivity index (χ0v) is 15.6. The Morgan fingerprint density at radius 1 is 1.19 bits per heavy atom. The first-order chi connectivity index (χ1) is 12.5. The van der Waals surface area contributed by atoms with Crippen LogP contribution in [-0.4, -0.2) is 39.6 Å². The van der Waals surface area contributed by atoms with Gasteiger partial charge in [-0.3, -0.25) is 4.90 Å². The van der Waals surface area contributed by atoms with E-state index in [9.17, 15) is 8.42 Å². The average molecular weight is 373 g/mol. The SMILES string of the molecule is C=CCN1CCO[C@@H](c2ccc(OS(=O)(=O)c3ccc(C)cc3)cc2)C1. The summed E-state index contributed by atoms with van der Waals surface area (Å²) in [6.07, 6.45) is 1.85. The maximum absolute atomic E-state index is 12.4. The molecule has 1 heterocycles. The van der Waals surface area contributed by atoms with Crippen molar-refractivity contribution in [2.24, 2.45) is 0 Å². The van der Waals surface area contributed by atoms with Crippen LogP contribution in [0.1, 0.15) is 17.2 Å². The molecule has 1 fully saturated rings. The molecule has 1 saturated heterocycles. The highest BCUT2D eigenvalue weighted by atomic mass is 32.2. The molecule has 6 heteroatoms. The van der Waals surface area contributed by atoms with Crippen molar-refractivity contribution in [3.8, 4) is 5.75 Å². The molecule has 1 aliphatic heterocycles. The molecule has 0 aromatic heterocycles. The van der Waals surface area contributed by atoms with Gasteiger partial charge in [-0.1, -0.05) is 35.9 Å². The topological polar surface area (TPSA) is 55.8 Å². The Kier molecular flexibility index (Phi) is 5.76. The van der Waals surface area contributed by atoms with Crippen molar-refractivity contribution in [2.75, 3.05) is 26.2 Å². The van der Waals surface area contributed by atoms with Crippen LogP contribution in [0.15, 0.2) is 66.1 Å². The fourth-order valence-corrected chi connectivity index (χ4v) is 3.80. The third-order valence-electron chi connectivity index (χ3n) is 4.31. The normalized spacial score (nSPS) is 18.4. The van der Waals surface area contributed by atoms with Crippen LogP contribution >= 0.6 is 0 Å². The van der Waals surface area contributed by atoms with Crippen LogP contribution in [0.3, 0.4) is 0 Å². The van der Waals surface area contributed by atoms with Gasteiger partial charge in [0.05, 0.1) is 12.7 Å². The van der Waals surface area contributed by atoms with Crippen molar-refractivity contribution in [2.45, 2.75) is 17.9 Å². The summed E-state index contributed by atoms with van der Waals surface area (Å²) < 4.78 is 35.8. The Morgan fingerprint density at radius 3 is 2.54 bits per heavy atom.